The Labute approximate surface area is 111 Å². The molecule has 1 atom stereocenters. The summed E-state index contributed by atoms with van der Waals surface area (Å²) >= 11 is 1.82. The first-order valence-electron chi connectivity index (χ1n) is 6.44. The standard InChI is InChI=1S/C13H28N2OS/c1-11(2)8-12(10-14)9-13(16)15(3)6-5-7-17-4/h11-12H,5-10,14H2,1-4H3. The van der Waals surface area contributed by atoms with Gasteiger partial charge in [-0.2, -0.15) is 11.8 Å². The molecule has 0 aromatic rings. The zero-order valence-electron chi connectivity index (χ0n) is 11.7. The second-order valence-corrected chi connectivity index (χ2v) is 6.08. The van der Waals surface area contributed by atoms with Crippen molar-refractivity contribution in [3.63, 3.8) is 0 Å². The van der Waals surface area contributed by atoms with Crippen LogP contribution in [0.1, 0.15) is 33.1 Å². The van der Waals surface area contributed by atoms with Crippen LogP contribution in [0.5, 0.6) is 0 Å². The third-order valence-electron chi connectivity index (χ3n) is 2.87. The van der Waals surface area contributed by atoms with Gasteiger partial charge in [-0.25, -0.2) is 0 Å². The van der Waals surface area contributed by atoms with Gasteiger partial charge < -0.3 is 10.6 Å². The Kier molecular flexibility index (Phi) is 9.65. The lowest BCUT2D eigenvalue weighted by Gasteiger charge is -2.21. The van der Waals surface area contributed by atoms with Crippen LogP contribution >= 0.6 is 11.8 Å². The minimum absolute atomic E-state index is 0.238. The van der Waals surface area contributed by atoms with E-state index in [1.165, 1.54) is 0 Å². The van der Waals surface area contributed by atoms with Crippen molar-refractivity contribution < 1.29 is 4.79 Å². The molecule has 0 rings (SSSR count). The van der Waals surface area contributed by atoms with Crippen LogP contribution in [0.2, 0.25) is 0 Å². The van der Waals surface area contributed by atoms with Gasteiger partial charge in [-0.3, -0.25) is 4.79 Å². The smallest absolute Gasteiger partial charge is 0.222 e. The first-order chi connectivity index (χ1) is 8.01. The molecular weight excluding hydrogens is 232 g/mol. The van der Waals surface area contributed by atoms with Gasteiger partial charge in [0, 0.05) is 20.0 Å². The molecule has 0 spiro atoms. The molecule has 0 saturated heterocycles. The third-order valence-corrected chi connectivity index (χ3v) is 3.57. The Morgan fingerprint density at radius 2 is 2.06 bits per heavy atom. The summed E-state index contributed by atoms with van der Waals surface area (Å²) < 4.78 is 0. The number of thioether (sulfide) groups is 1. The zero-order valence-corrected chi connectivity index (χ0v) is 12.6. The van der Waals surface area contributed by atoms with Gasteiger partial charge in [0.1, 0.15) is 0 Å². The Bertz CT molecular complexity index is 210. The van der Waals surface area contributed by atoms with Crippen molar-refractivity contribution in [3.8, 4) is 0 Å². The van der Waals surface area contributed by atoms with E-state index in [1.807, 2.05) is 23.7 Å². The first-order valence-corrected chi connectivity index (χ1v) is 7.83. The maximum Gasteiger partial charge on any atom is 0.222 e. The highest BCUT2D eigenvalue weighted by molar-refractivity contribution is 7.98. The average Bonchev–Trinajstić information content (AvgIpc) is 2.27. The van der Waals surface area contributed by atoms with E-state index >= 15 is 0 Å². The van der Waals surface area contributed by atoms with Crippen molar-refractivity contribution in [2.45, 2.75) is 33.1 Å². The molecule has 17 heavy (non-hydrogen) atoms. The summed E-state index contributed by atoms with van der Waals surface area (Å²) in [5.41, 5.74) is 5.72. The van der Waals surface area contributed by atoms with Gasteiger partial charge in [-0.15, -0.1) is 0 Å². The van der Waals surface area contributed by atoms with Crippen LogP contribution in [-0.4, -0.2) is 43.0 Å². The molecule has 0 radical (unpaired) electrons. The molecule has 0 aromatic carbocycles. The fourth-order valence-corrected chi connectivity index (χ4v) is 2.32. The maximum atomic E-state index is 12.0. The van der Waals surface area contributed by atoms with Crippen molar-refractivity contribution in [3.05, 3.63) is 0 Å². The van der Waals surface area contributed by atoms with Gasteiger partial charge in [0.2, 0.25) is 5.91 Å². The SMILES string of the molecule is CSCCCN(C)C(=O)CC(CN)CC(C)C. The fraction of sp³-hybridized carbons (Fsp3) is 0.923. The third kappa shape index (κ3) is 8.50. The molecule has 102 valence electrons. The maximum absolute atomic E-state index is 12.0. The number of rotatable bonds is 9. The van der Waals surface area contributed by atoms with Crippen molar-refractivity contribution in [1.82, 2.24) is 4.90 Å². The predicted octanol–water partition coefficient (Wildman–Crippen LogP) is 2.21. The molecule has 0 aromatic heterocycles. The van der Waals surface area contributed by atoms with Crippen LogP contribution in [0, 0.1) is 11.8 Å². The molecule has 0 fully saturated rings. The molecule has 0 aliphatic heterocycles. The molecule has 1 unspecified atom stereocenters. The molecule has 0 aliphatic rings. The number of hydrogen-bond donors (Lipinski definition) is 1. The van der Waals surface area contributed by atoms with Gasteiger partial charge in [-0.05, 0) is 43.2 Å². The van der Waals surface area contributed by atoms with Gasteiger partial charge >= 0.3 is 0 Å². The summed E-state index contributed by atoms with van der Waals surface area (Å²) in [6.07, 6.45) is 4.81. The highest BCUT2D eigenvalue weighted by atomic mass is 32.2. The van der Waals surface area contributed by atoms with E-state index in [0.717, 1.165) is 25.1 Å². The summed E-state index contributed by atoms with van der Waals surface area (Å²) in [4.78, 5) is 13.8. The predicted molar refractivity (Wildman–Crippen MR) is 77.3 cm³/mol. The molecule has 1 amide bonds. The average molecular weight is 260 g/mol. The lowest BCUT2D eigenvalue weighted by atomic mass is 9.94. The Balaban J connectivity index is 3.94. The lowest BCUT2D eigenvalue weighted by molar-refractivity contribution is -0.130. The highest BCUT2D eigenvalue weighted by Gasteiger charge is 2.16. The second kappa shape index (κ2) is 9.77. The van der Waals surface area contributed by atoms with E-state index in [2.05, 4.69) is 20.1 Å². The molecular formula is C13H28N2OS. The Hall–Kier alpha value is -0.220. The van der Waals surface area contributed by atoms with E-state index in [4.69, 9.17) is 5.73 Å². The monoisotopic (exact) mass is 260 g/mol. The van der Waals surface area contributed by atoms with E-state index < -0.39 is 0 Å². The van der Waals surface area contributed by atoms with Crippen LogP contribution in [0.3, 0.4) is 0 Å². The van der Waals surface area contributed by atoms with Gasteiger partial charge in [0.15, 0.2) is 0 Å². The summed E-state index contributed by atoms with van der Waals surface area (Å²) in [7, 11) is 1.89. The summed E-state index contributed by atoms with van der Waals surface area (Å²) in [5, 5.41) is 0. The topological polar surface area (TPSA) is 46.3 Å². The molecule has 0 bridgehead atoms. The van der Waals surface area contributed by atoms with E-state index in [9.17, 15) is 4.79 Å². The number of nitrogens with two attached hydrogens (primary N) is 1. The van der Waals surface area contributed by atoms with E-state index in [1.54, 1.807) is 0 Å². The summed E-state index contributed by atoms with van der Waals surface area (Å²) in [6.45, 7) is 5.83. The first kappa shape index (κ1) is 16.8. The molecule has 0 heterocycles. The number of nitrogens with zero attached hydrogens (tertiary/aromatic N) is 1. The van der Waals surface area contributed by atoms with Crippen LogP contribution < -0.4 is 5.73 Å². The number of hydrogen-bond acceptors (Lipinski definition) is 3. The Morgan fingerprint density at radius 1 is 1.41 bits per heavy atom. The molecule has 3 nitrogen and oxygen atoms in total. The van der Waals surface area contributed by atoms with Crippen LogP contribution in [-0.2, 0) is 4.79 Å². The fourth-order valence-electron chi connectivity index (χ4n) is 1.90. The normalized spacial score (nSPS) is 12.8. The lowest BCUT2D eigenvalue weighted by Crippen LogP contribution is -2.31. The summed E-state index contributed by atoms with van der Waals surface area (Å²) in [6, 6.07) is 0. The largest absolute Gasteiger partial charge is 0.346 e. The van der Waals surface area contributed by atoms with Crippen molar-refractivity contribution in [1.29, 1.82) is 0 Å². The zero-order chi connectivity index (χ0) is 13.3. The van der Waals surface area contributed by atoms with Gasteiger partial charge in [0.05, 0.1) is 0 Å². The van der Waals surface area contributed by atoms with E-state index in [-0.39, 0.29) is 5.91 Å². The minimum atomic E-state index is 0.238. The summed E-state index contributed by atoms with van der Waals surface area (Å²) in [5.74, 6) is 2.30. The number of carbonyl (C=O) groups excluding carboxylic acids is 1. The number of carbonyl (C=O) groups is 1. The quantitative estimate of drug-likeness (QED) is 0.647. The van der Waals surface area contributed by atoms with E-state index in [0.29, 0.717) is 24.8 Å². The second-order valence-electron chi connectivity index (χ2n) is 5.10. The molecule has 0 saturated carbocycles. The molecule has 2 N–H and O–H groups in total. The van der Waals surface area contributed by atoms with Crippen LogP contribution in [0.4, 0.5) is 0 Å². The molecule has 0 aliphatic carbocycles. The van der Waals surface area contributed by atoms with Crippen molar-refractivity contribution >= 4 is 17.7 Å². The van der Waals surface area contributed by atoms with Gasteiger partial charge in [0.25, 0.3) is 0 Å². The highest BCUT2D eigenvalue weighted by Crippen LogP contribution is 2.15. The Morgan fingerprint density at radius 3 is 2.53 bits per heavy atom. The van der Waals surface area contributed by atoms with Crippen molar-refractivity contribution in [2.24, 2.45) is 17.6 Å². The number of amides is 1. The van der Waals surface area contributed by atoms with Crippen LogP contribution in [0.25, 0.3) is 0 Å². The van der Waals surface area contributed by atoms with Crippen molar-refractivity contribution in [2.75, 3.05) is 32.1 Å². The van der Waals surface area contributed by atoms with Crippen LogP contribution in [0.15, 0.2) is 0 Å². The minimum Gasteiger partial charge on any atom is -0.346 e. The van der Waals surface area contributed by atoms with Gasteiger partial charge in [-0.1, -0.05) is 13.8 Å². The molecule has 4 heteroatoms.